The lowest BCUT2D eigenvalue weighted by Crippen LogP contribution is -2.29. The van der Waals surface area contributed by atoms with Crippen LogP contribution in [0.4, 0.5) is 5.13 Å². The largest absolute Gasteiger partial charge is 0.507 e. The molecule has 1 N–H and O–H groups in total. The number of aryl methyl sites for hydroxylation is 2. The Bertz CT molecular complexity index is 1810. The van der Waals surface area contributed by atoms with E-state index in [0.717, 1.165) is 22.5 Å². The summed E-state index contributed by atoms with van der Waals surface area (Å²) in [5.74, 6) is -1.28. The van der Waals surface area contributed by atoms with E-state index in [1.54, 1.807) is 50.2 Å². The minimum atomic E-state index is -1.10. The molecule has 1 fully saturated rings. The number of carbonyl (C=O) groups excluding carboxylic acids is 3. The summed E-state index contributed by atoms with van der Waals surface area (Å²) in [4.78, 5) is 46.0. The zero-order valence-corrected chi connectivity index (χ0v) is 27.0. The van der Waals surface area contributed by atoms with Crippen LogP contribution in [0.25, 0.3) is 5.76 Å². The molecule has 1 aliphatic heterocycles. The van der Waals surface area contributed by atoms with Crippen molar-refractivity contribution in [3.05, 3.63) is 105 Å². The van der Waals surface area contributed by atoms with Gasteiger partial charge in [-0.15, -0.1) is 0 Å². The number of hydrogen-bond donors (Lipinski definition) is 1. The number of ether oxygens (including phenoxy) is 4. The van der Waals surface area contributed by atoms with E-state index in [0.29, 0.717) is 47.3 Å². The number of carbonyl (C=O) groups is 3. The number of aromatic nitrogens is 1. The van der Waals surface area contributed by atoms with Gasteiger partial charge in [0.15, 0.2) is 16.6 Å². The Morgan fingerprint density at radius 1 is 0.935 bits per heavy atom. The number of Topliss-reactive ketones (excluding diaryl/α,β-unsaturated/α-hetero) is 1. The lowest BCUT2D eigenvalue weighted by atomic mass is 9.94. The van der Waals surface area contributed by atoms with Crippen LogP contribution >= 0.6 is 11.3 Å². The summed E-state index contributed by atoms with van der Waals surface area (Å²) >= 11 is 0.938. The molecule has 0 spiro atoms. The fourth-order valence-electron chi connectivity index (χ4n) is 5.19. The lowest BCUT2D eigenvalue weighted by molar-refractivity contribution is -0.132. The third kappa shape index (κ3) is 6.32. The number of anilines is 1. The lowest BCUT2D eigenvalue weighted by Gasteiger charge is -2.24. The first kappa shape index (κ1) is 32.2. The minimum Gasteiger partial charge on any atom is -0.507 e. The molecular formula is C35H34N2O8S. The van der Waals surface area contributed by atoms with E-state index in [9.17, 15) is 19.5 Å². The first-order valence-corrected chi connectivity index (χ1v) is 15.5. The first-order chi connectivity index (χ1) is 22.2. The van der Waals surface area contributed by atoms with Crippen LogP contribution in [0.2, 0.25) is 0 Å². The molecule has 46 heavy (non-hydrogen) atoms. The highest BCUT2D eigenvalue weighted by Gasteiger charge is 2.48. The summed E-state index contributed by atoms with van der Waals surface area (Å²) < 4.78 is 22.4. The molecule has 11 heteroatoms. The van der Waals surface area contributed by atoms with Gasteiger partial charge in [0.1, 0.15) is 23.0 Å². The van der Waals surface area contributed by atoms with Crippen molar-refractivity contribution < 1.29 is 38.4 Å². The van der Waals surface area contributed by atoms with Crippen molar-refractivity contribution in [1.29, 1.82) is 0 Å². The van der Waals surface area contributed by atoms with Gasteiger partial charge >= 0.3 is 11.9 Å². The van der Waals surface area contributed by atoms with E-state index in [4.69, 9.17) is 18.9 Å². The summed E-state index contributed by atoms with van der Waals surface area (Å²) in [6, 6.07) is 18.7. The third-order valence-corrected chi connectivity index (χ3v) is 8.52. The van der Waals surface area contributed by atoms with Crippen molar-refractivity contribution in [2.24, 2.45) is 0 Å². The second-order valence-electron chi connectivity index (χ2n) is 10.4. The van der Waals surface area contributed by atoms with Crippen molar-refractivity contribution in [1.82, 2.24) is 4.98 Å². The van der Waals surface area contributed by atoms with E-state index in [2.05, 4.69) is 4.98 Å². The Balaban J connectivity index is 1.61. The maximum atomic E-state index is 13.7. The molecule has 0 unspecified atom stereocenters. The van der Waals surface area contributed by atoms with Crippen LogP contribution in [0.3, 0.4) is 0 Å². The van der Waals surface area contributed by atoms with Crippen LogP contribution in [0, 0.1) is 13.8 Å². The normalized spacial score (nSPS) is 15.6. The predicted molar refractivity (Wildman–Crippen MR) is 174 cm³/mol. The topological polar surface area (TPSA) is 124 Å². The number of hydrogen-bond acceptors (Lipinski definition) is 10. The molecule has 1 amide bonds. The van der Waals surface area contributed by atoms with Crippen molar-refractivity contribution >= 4 is 39.9 Å². The number of aliphatic hydroxyl groups excluding tert-OH is 1. The summed E-state index contributed by atoms with van der Waals surface area (Å²) in [5.41, 5.74) is 2.73. The zero-order valence-electron chi connectivity index (χ0n) is 26.2. The SMILES string of the molecule is CCOC(=O)c1sc(N2C(=O)C(=O)/C(=C(/O)c3ccc(OCc4ccccc4)c(C)c3)[C@H]2c2ccc(OCC)c(OC)c2)nc1C. The van der Waals surface area contributed by atoms with Crippen LogP contribution in [-0.4, -0.2) is 48.1 Å². The van der Waals surface area contributed by atoms with Gasteiger partial charge in [0, 0.05) is 5.56 Å². The second kappa shape index (κ2) is 13.9. The molecule has 1 atom stereocenters. The van der Waals surface area contributed by atoms with Gasteiger partial charge in [0.05, 0.1) is 37.6 Å². The van der Waals surface area contributed by atoms with Crippen molar-refractivity contribution in [2.75, 3.05) is 25.2 Å². The van der Waals surface area contributed by atoms with Gasteiger partial charge in [-0.3, -0.25) is 14.5 Å². The molecule has 1 aromatic heterocycles. The predicted octanol–water partition coefficient (Wildman–Crippen LogP) is 6.55. The van der Waals surface area contributed by atoms with Crippen LogP contribution in [0.15, 0.2) is 72.3 Å². The van der Waals surface area contributed by atoms with E-state index in [1.807, 2.05) is 44.2 Å². The van der Waals surface area contributed by atoms with Gasteiger partial charge < -0.3 is 24.1 Å². The summed E-state index contributed by atoms with van der Waals surface area (Å²) in [6.45, 7) is 7.91. The van der Waals surface area contributed by atoms with E-state index in [-0.39, 0.29) is 27.9 Å². The fraction of sp³-hybridized carbons (Fsp3) is 0.257. The molecule has 238 valence electrons. The molecule has 10 nitrogen and oxygen atoms in total. The van der Waals surface area contributed by atoms with Crippen LogP contribution in [0.1, 0.15) is 57.5 Å². The highest BCUT2D eigenvalue weighted by molar-refractivity contribution is 7.17. The average Bonchev–Trinajstić information content (AvgIpc) is 3.57. The van der Waals surface area contributed by atoms with E-state index >= 15 is 0 Å². The maximum Gasteiger partial charge on any atom is 0.350 e. The Hall–Kier alpha value is -5.16. The number of nitrogens with zero attached hydrogens (tertiary/aromatic N) is 2. The number of aliphatic hydroxyl groups is 1. The highest BCUT2D eigenvalue weighted by atomic mass is 32.1. The fourth-order valence-corrected chi connectivity index (χ4v) is 6.18. The number of ketones is 1. The molecule has 2 heterocycles. The molecule has 0 bridgehead atoms. The number of esters is 1. The number of thiazole rings is 1. The van der Waals surface area contributed by atoms with Gasteiger partial charge in [-0.05, 0) is 74.7 Å². The van der Waals surface area contributed by atoms with Gasteiger partial charge in [-0.2, -0.15) is 0 Å². The maximum absolute atomic E-state index is 13.7. The molecule has 1 saturated heterocycles. The zero-order chi connectivity index (χ0) is 33.0. The first-order valence-electron chi connectivity index (χ1n) is 14.7. The van der Waals surface area contributed by atoms with Crippen LogP contribution in [-0.2, 0) is 20.9 Å². The van der Waals surface area contributed by atoms with Gasteiger partial charge in [-0.25, -0.2) is 9.78 Å². The number of methoxy groups -OCH3 is 1. The van der Waals surface area contributed by atoms with Gasteiger partial charge in [-0.1, -0.05) is 47.7 Å². The van der Waals surface area contributed by atoms with Crippen molar-refractivity contribution in [3.8, 4) is 17.2 Å². The molecule has 0 aliphatic carbocycles. The Kier molecular flexibility index (Phi) is 9.72. The Morgan fingerprint density at radius 3 is 2.35 bits per heavy atom. The molecule has 1 aliphatic rings. The van der Waals surface area contributed by atoms with Crippen molar-refractivity contribution in [2.45, 2.75) is 40.3 Å². The smallest absolute Gasteiger partial charge is 0.350 e. The standard InChI is InChI=1S/C35H34N2O8S/c1-6-43-26-16-13-23(18-27(26)42-5)29-28(31(39)33(40)37(29)35-36-21(4)32(46-35)34(41)44-7-2)30(38)24-14-15-25(20(3)17-24)45-19-22-11-9-8-10-12-22/h8-18,29,38H,6-7,19H2,1-5H3/b30-28+/t29-/m1/s1. The number of benzene rings is 3. The number of rotatable bonds is 11. The molecule has 4 aromatic rings. The highest BCUT2D eigenvalue weighted by Crippen LogP contribution is 2.45. The second-order valence-corrected chi connectivity index (χ2v) is 11.4. The average molecular weight is 643 g/mol. The monoisotopic (exact) mass is 642 g/mol. The summed E-state index contributed by atoms with van der Waals surface area (Å²) in [6.07, 6.45) is 0. The Morgan fingerprint density at radius 2 is 1.67 bits per heavy atom. The summed E-state index contributed by atoms with van der Waals surface area (Å²) in [5, 5.41) is 11.8. The molecule has 3 aromatic carbocycles. The van der Waals surface area contributed by atoms with Crippen LogP contribution < -0.4 is 19.1 Å². The number of amides is 1. The molecular weight excluding hydrogens is 608 g/mol. The van der Waals surface area contributed by atoms with Gasteiger partial charge in [0.2, 0.25) is 0 Å². The third-order valence-electron chi connectivity index (χ3n) is 7.39. The quantitative estimate of drug-likeness (QED) is 0.0839. The molecule has 0 saturated carbocycles. The molecule has 0 radical (unpaired) electrons. The van der Waals surface area contributed by atoms with Crippen molar-refractivity contribution in [3.63, 3.8) is 0 Å². The molecule has 5 rings (SSSR count). The Labute approximate surface area is 270 Å². The van der Waals surface area contributed by atoms with Gasteiger partial charge in [0.25, 0.3) is 5.78 Å². The minimum absolute atomic E-state index is 0.111. The van der Waals surface area contributed by atoms with E-state index < -0.39 is 23.7 Å². The van der Waals surface area contributed by atoms with Crippen LogP contribution in [0.5, 0.6) is 17.2 Å². The van der Waals surface area contributed by atoms with E-state index in [1.165, 1.54) is 12.0 Å². The summed E-state index contributed by atoms with van der Waals surface area (Å²) in [7, 11) is 1.48.